The predicted molar refractivity (Wildman–Crippen MR) is 56.6 cm³/mol. The number of hydrogen-bond acceptors (Lipinski definition) is 2. The van der Waals surface area contributed by atoms with E-state index in [0.29, 0.717) is 6.54 Å². The summed E-state index contributed by atoms with van der Waals surface area (Å²) in [4.78, 5) is 4.19. The zero-order chi connectivity index (χ0) is 11.4. The molecule has 0 aliphatic rings. The summed E-state index contributed by atoms with van der Waals surface area (Å²) in [5.74, 6) is 0. The highest BCUT2D eigenvalue weighted by atomic mass is 19.3. The lowest BCUT2D eigenvalue weighted by Gasteiger charge is -2.05. The van der Waals surface area contributed by atoms with Crippen LogP contribution in [0.3, 0.4) is 0 Å². The van der Waals surface area contributed by atoms with Gasteiger partial charge in [-0.3, -0.25) is 0 Å². The maximum absolute atomic E-state index is 11.8. The van der Waals surface area contributed by atoms with Gasteiger partial charge in [0.25, 0.3) is 6.43 Å². The number of benzene rings is 1. The molecule has 0 aliphatic heterocycles. The lowest BCUT2D eigenvalue weighted by atomic mass is 10.3. The monoisotopic (exact) mass is 226 g/mol. The molecule has 0 spiro atoms. The molecule has 0 N–H and O–H groups in total. The Morgan fingerprint density at radius 1 is 1.31 bits per heavy atom. The number of halogens is 2. The third-order valence-corrected chi connectivity index (χ3v) is 2.25. The van der Waals surface area contributed by atoms with Crippen LogP contribution in [0, 0.1) is 0 Å². The molecule has 86 valence electrons. The van der Waals surface area contributed by atoms with Crippen LogP contribution in [0.5, 0.6) is 0 Å². The normalized spacial score (nSPS) is 11.4. The fraction of sp³-hybridized carbons (Fsp3) is 0.364. The largest absolute Gasteiger partial charge is 0.374 e. The van der Waals surface area contributed by atoms with E-state index in [1.165, 1.54) is 0 Å². The summed E-state index contributed by atoms with van der Waals surface area (Å²) in [6.07, 6.45) is -0.712. The molecule has 1 aromatic heterocycles. The number of rotatable bonds is 5. The van der Waals surface area contributed by atoms with Crippen LogP contribution in [0.1, 0.15) is 0 Å². The first kappa shape index (κ1) is 11.0. The van der Waals surface area contributed by atoms with E-state index in [4.69, 9.17) is 4.74 Å². The molecular formula is C11H12F2N2O. The fourth-order valence-corrected chi connectivity index (χ4v) is 1.52. The van der Waals surface area contributed by atoms with Crippen molar-refractivity contribution in [3.63, 3.8) is 0 Å². The summed E-state index contributed by atoms with van der Waals surface area (Å²) in [6, 6.07) is 7.68. The molecule has 0 saturated carbocycles. The molecule has 5 heteroatoms. The van der Waals surface area contributed by atoms with Gasteiger partial charge in [-0.25, -0.2) is 13.8 Å². The molecule has 0 atom stereocenters. The second-order valence-corrected chi connectivity index (χ2v) is 3.39. The van der Waals surface area contributed by atoms with Gasteiger partial charge in [-0.1, -0.05) is 12.1 Å². The summed E-state index contributed by atoms with van der Waals surface area (Å²) in [6.45, 7) is 0.296. The first-order valence-corrected chi connectivity index (χ1v) is 5.03. The summed E-state index contributed by atoms with van der Waals surface area (Å²) in [5.41, 5.74) is 1.89. The van der Waals surface area contributed by atoms with Crippen molar-refractivity contribution in [3.05, 3.63) is 30.6 Å². The summed E-state index contributed by atoms with van der Waals surface area (Å²) < 4.78 is 30.3. The molecule has 3 nitrogen and oxygen atoms in total. The minimum atomic E-state index is -2.40. The highest BCUT2D eigenvalue weighted by Gasteiger charge is 2.03. The number of ether oxygens (including phenoxy) is 1. The Labute approximate surface area is 91.7 Å². The van der Waals surface area contributed by atoms with E-state index in [1.807, 2.05) is 28.8 Å². The van der Waals surface area contributed by atoms with Gasteiger partial charge >= 0.3 is 0 Å². The van der Waals surface area contributed by atoms with E-state index >= 15 is 0 Å². The Bertz CT molecular complexity index is 456. The van der Waals surface area contributed by atoms with Crippen molar-refractivity contribution >= 4 is 11.0 Å². The van der Waals surface area contributed by atoms with Crippen LogP contribution in [0.2, 0.25) is 0 Å². The number of aromatic nitrogens is 2. The Hall–Kier alpha value is -1.49. The van der Waals surface area contributed by atoms with Crippen molar-refractivity contribution in [1.82, 2.24) is 9.55 Å². The molecule has 1 aromatic carbocycles. The maximum atomic E-state index is 11.8. The van der Waals surface area contributed by atoms with E-state index in [1.54, 1.807) is 6.33 Å². The minimum Gasteiger partial charge on any atom is -0.374 e. The van der Waals surface area contributed by atoms with E-state index in [9.17, 15) is 8.78 Å². The molecule has 0 radical (unpaired) electrons. The minimum absolute atomic E-state index is 0.269. The van der Waals surface area contributed by atoms with Crippen molar-refractivity contribution < 1.29 is 13.5 Å². The smallest absolute Gasteiger partial charge is 0.261 e. The second kappa shape index (κ2) is 5.03. The van der Waals surface area contributed by atoms with Crippen LogP contribution < -0.4 is 0 Å². The Morgan fingerprint density at radius 3 is 2.94 bits per heavy atom. The lowest BCUT2D eigenvalue weighted by molar-refractivity contribution is 0.0150. The van der Waals surface area contributed by atoms with Crippen molar-refractivity contribution in [2.45, 2.75) is 13.0 Å². The van der Waals surface area contributed by atoms with Crippen LogP contribution in [0.4, 0.5) is 8.78 Å². The van der Waals surface area contributed by atoms with Crippen LogP contribution in [-0.2, 0) is 11.3 Å². The van der Waals surface area contributed by atoms with Gasteiger partial charge in [0.15, 0.2) is 0 Å². The van der Waals surface area contributed by atoms with Gasteiger partial charge in [0, 0.05) is 6.54 Å². The average Bonchev–Trinajstić information content (AvgIpc) is 2.68. The number of alkyl halides is 2. The lowest BCUT2D eigenvalue weighted by Crippen LogP contribution is -2.10. The molecule has 0 amide bonds. The molecule has 2 rings (SSSR count). The second-order valence-electron chi connectivity index (χ2n) is 3.39. The van der Waals surface area contributed by atoms with Crippen molar-refractivity contribution in [2.24, 2.45) is 0 Å². The Balaban J connectivity index is 1.94. The number of hydrogen-bond donors (Lipinski definition) is 0. The zero-order valence-electron chi connectivity index (χ0n) is 8.64. The van der Waals surface area contributed by atoms with Crippen molar-refractivity contribution in [1.29, 1.82) is 0 Å². The molecular weight excluding hydrogens is 214 g/mol. The zero-order valence-corrected chi connectivity index (χ0v) is 8.64. The Morgan fingerprint density at radius 2 is 2.12 bits per heavy atom. The first-order valence-electron chi connectivity index (χ1n) is 5.03. The average molecular weight is 226 g/mol. The number of imidazole rings is 1. The van der Waals surface area contributed by atoms with Gasteiger partial charge in [0.2, 0.25) is 0 Å². The summed E-state index contributed by atoms with van der Waals surface area (Å²) in [7, 11) is 0. The van der Waals surface area contributed by atoms with E-state index in [2.05, 4.69) is 4.98 Å². The molecule has 0 aliphatic carbocycles. The number of fused-ring (bicyclic) bond motifs is 1. The highest BCUT2D eigenvalue weighted by Crippen LogP contribution is 2.11. The molecule has 0 saturated heterocycles. The van der Waals surface area contributed by atoms with Gasteiger partial charge in [-0.2, -0.15) is 0 Å². The number of nitrogens with zero attached hydrogens (tertiary/aromatic N) is 2. The fourth-order valence-electron chi connectivity index (χ4n) is 1.52. The molecule has 1 heterocycles. The Kier molecular flexibility index (Phi) is 3.46. The first-order chi connectivity index (χ1) is 7.77. The van der Waals surface area contributed by atoms with Crippen LogP contribution >= 0.6 is 0 Å². The van der Waals surface area contributed by atoms with Gasteiger partial charge in [-0.15, -0.1) is 0 Å². The summed E-state index contributed by atoms with van der Waals surface area (Å²) in [5, 5.41) is 0. The van der Waals surface area contributed by atoms with Gasteiger partial charge < -0.3 is 9.30 Å². The molecule has 0 fully saturated rings. The highest BCUT2D eigenvalue weighted by molar-refractivity contribution is 5.74. The van der Waals surface area contributed by atoms with Crippen LogP contribution in [0.25, 0.3) is 11.0 Å². The van der Waals surface area contributed by atoms with Gasteiger partial charge in [-0.05, 0) is 12.1 Å². The molecule has 2 aromatic rings. The molecule has 0 bridgehead atoms. The third-order valence-electron chi connectivity index (χ3n) is 2.25. The number of para-hydroxylation sites is 2. The molecule has 16 heavy (non-hydrogen) atoms. The quantitative estimate of drug-likeness (QED) is 0.731. The third kappa shape index (κ3) is 2.55. The molecule has 0 unspecified atom stereocenters. The maximum Gasteiger partial charge on any atom is 0.261 e. The van der Waals surface area contributed by atoms with Gasteiger partial charge in [0.05, 0.1) is 24.0 Å². The van der Waals surface area contributed by atoms with Crippen LogP contribution in [-0.4, -0.2) is 29.2 Å². The SMILES string of the molecule is FC(F)COCCn1cnc2ccccc21. The predicted octanol–water partition coefficient (Wildman–Crippen LogP) is 2.32. The van der Waals surface area contributed by atoms with Crippen molar-refractivity contribution in [2.75, 3.05) is 13.2 Å². The van der Waals surface area contributed by atoms with E-state index in [-0.39, 0.29) is 6.61 Å². The standard InChI is InChI=1S/C11H12F2N2O/c12-11(13)7-16-6-5-15-8-14-9-3-1-2-4-10(9)15/h1-4,8,11H,5-7H2. The topological polar surface area (TPSA) is 27.1 Å². The van der Waals surface area contributed by atoms with E-state index < -0.39 is 13.0 Å². The van der Waals surface area contributed by atoms with Gasteiger partial charge in [0.1, 0.15) is 6.61 Å². The van der Waals surface area contributed by atoms with Crippen LogP contribution in [0.15, 0.2) is 30.6 Å². The summed E-state index contributed by atoms with van der Waals surface area (Å²) >= 11 is 0. The van der Waals surface area contributed by atoms with E-state index in [0.717, 1.165) is 11.0 Å². The van der Waals surface area contributed by atoms with Crippen molar-refractivity contribution in [3.8, 4) is 0 Å².